The van der Waals surface area contributed by atoms with E-state index in [9.17, 15) is 4.79 Å². The van der Waals surface area contributed by atoms with E-state index in [-0.39, 0.29) is 5.91 Å². The first-order valence-electron chi connectivity index (χ1n) is 9.47. The van der Waals surface area contributed by atoms with Gasteiger partial charge in [-0.1, -0.05) is 79.9 Å². The Morgan fingerprint density at radius 2 is 1.52 bits per heavy atom. The van der Waals surface area contributed by atoms with Crippen molar-refractivity contribution < 1.29 is 4.79 Å². The Hall–Kier alpha value is -3.01. The Bertz CT molecular complexity index is 889. The second-order valence-electron chi connectivity index (χ2n) is 6.70. The first-order chi connectivity index (χ1) is 13.2. The molecule has 1 N–H and O–H groups in total. The van der Waals surface area contributed by atoms with Gasteiger partial charge in [0.15, 0.2) is 0 Å². The monoisotopic (exact) mass is 359 g/mol. The van der Waals surface area contributed by atoms with Crippen molar-refractivity contribution in [1.82, 2.24) is 9.97 Å². The maximum Gasteiger partial charge on any atom is 0.230 e. The van der Waals surface area contributed by atoms with E-state index in [0.29, 0.717) is 12.4 Å². The van der Waals surface area contributed by atoms with Gasteiger partial charge < -0.3 is 0 Å². The highest BCUT2D eigenvalue weighted by Gasteiger charge is 2.11. The third-order valence-corrected chi connectivity index (χ3v) is 4.40. The number of rotatable bonds is 7. The molecule has 0 saturated heterocycles. The number of unbranched alkanes of at least 4 members (excludes halogenated alkanes) is 2. The number of anilines is 1. The van der Waals surface area contributed by atoms with Crippen molar-refractivity contribution in [2.75, 3.05) is 5.32 Å². The lowest BCUT2D eigenvalue weighted by molar-refractivity contribution is -0.116. The second kappa shape index (κ2) is 9.08. The first-order valence-corrected chi connectivity index (χ1v) is 9.47. The molecule has 0 radical (unpaired) electrons. The molecule has 0 spiro atoms. The molecule has 4 heteroatoms. The molecule has 3 rings (SSSR count). The third-order valence-electron chi connectivity index (χ3n) is 4.40. The van der Waals surface area contributed by atoms with Crippen LogP contribution in [0.25, 0.3) is 22.5 Å². The van der Waals surface area contributed by atoms with Gasteiger partial charge >= 0.3 is 0 Å². The van der Waals surface area contributed by atoms with Crippen molar-refractivity contribution >= 4 is 11.9 Å². The van der Waals surface area contributed by atoms with E-state index >= 15 is 0 Å². The molecule has 0 bridgehead atoms. The van der Waals surface area contributed by atoms with Gasteiger partial charge in [-0.3, -0.25) is 10.1 Å². The minimum Gasteiger partial charge on any atom is -0.294 e. The minimum absolute atomic E-state index is 0.0384. The van der Waals surface area contributed by atoms with Gasteiger partial charge in [0.25, 0.3) is 0 Å². The number of aryl methyl sites for hydroxylation is 1. The number of hydrogen-bond acceptors (Lipinski definition) is 3. The molecule has 2 aromatic carbocycles. The molecule has 138 valence electrons. The van der Waals surface area contributed by atoms with Crippen LogP contribution in [-0.2, 0) is 4.79 Å². The summed E-state index contributed by atoms with van der Waals surface area (Å²) >= 11 is 0. The summed E-state index contributed by atoms with van der Waals surface area (Å²) in [5.74, 6) is 0.317. The molecule has 27 heavy (non-hydrogen) atoms. The highest BCUT2D eigenvalue weighted by molar-refractivity contribution is 5.89. The van der Waals surface area contributed by atoms with Crippen molar-refractivity contribution in [2.24, 2.45) is 0 Å². The summed E-state index contributed by atoms with van der Waals surface area (Å²) in [5, 5.41) is 2.87. The van der Waals surface area contributed by atoms with Gasteiger partial charge in [0.2, 0.25) is 11.9 Å². The Labute approximate surface area is 160 Å². The molecule has 3 aromatic rings. The van der Waals surface area contributed by atoms with Gasteiger partial charge in [-0.25, -0.2) is 9.97 Å². The number of nitrogens with one attached hydrogen (secondary N) is 1. The molecule has 1 heterocycles. The molecule has 4 nitrogen and oxygen atoms in total. The molecule has 0 aliphatic heterocycles. The van der Waals surface area contributed by atoms with Crippen molar-refractivity contribution in [2.45, 2.75) is 39.5 Å². The summed E-state index contributed by atoms with van der Waals surface area (Å²) < 4.78 is 0. The molecule has 0 fully saturated rings. The van der Waals surface area contributed by atoms with Crippen LogP contribution in [0.15, 0.2) is 60.7 Å². The SMILES string of the molecule is CCCCCC(=O)Nc1nc(-c2ccccc2)cc(-c2ccc(C)cc2)n1. The molecule has 0 aliphatic rings. The lowest BCUT2D eigenvalue weighted by Crippen LogP contribution is -2.14. The van der Waals surface area contributed by atoms with Gasteiger partial charge in [0, 0.05) is 17.5 Å². The van der Waals surface area contributed by atoms with E-state index in [2.05, 4.69) is 41.3 Å². The molecule has 1 aromatic heterocycles. The van der Waals surface area contributed by atoms with Crippen LogP contribution < -0.4 is 5.32 Å². The van der Waals surface area contributed by atoms with Crippen molar-refractivity contribution in [1.29, 1.82) is 0 Å². The average molecular weight is 359 g/mol. The first kappa shape index (κ1) is 18.8. The standard InChI is InChI=1S/C23H25N3O/c1-3-4-6-11-22(27)26-23-24-20(18-9-7-5-8-10-18)16-21(25-23)19-14-12-17(2)13-15-19/h5,7-10,12-16H,3-4,6,11H2,1-2H3,(H,24,25,26,27). The molecular formula is C23H25N3O. The van der Waals surface area contributed by atoms with Crippen LogP contribution in [0, 0.1) is 6.92 Å². The fraction of sp³-hybridized carbons (Fsp3) is 0.261. The van der Waals surface area contributed by atoms with Crippen LogP contribution in [0.3, 0.4) is 0 Å². The van der Waals surface area contributed by atoms with E-state index in [1.807, 2.05) is 48.5 Å². The van der Waals surface area contributed by atoms with Gasteiger partial charge in [-0.2, -0.15) is 0 Å². The number of aromatic nitrogens is 2. The van der Waals surface area contributed by atoms with Crippen LogP contribution in [0.2, 0.25) is 0 Å². The summed E-state index contributed by atoms with van der Waals surface area (Å²) in [6.07, 6.45) is 3.51. The Balaban J connectivity index is 1.93. The van der Waals surface area contributed by atoms with Gasteiger partial charge in [0.1, 0.15) is 0 Å². The van der Waals surface area contributed by atoms with E-state index in [1.54, 1.807) is 0 Å². The van der Waals surface area contributed by atoms with Crippen LogP contribution in [0.1, 0.15) is 38.2 Å². The highest BCUT2D eigenvalue weighted by atomic mass is 16.1. The van der Waals surface area contributed by atoms with Crippen LogP contribution in [0.5, 0.6) is 0 Å². The molecule has 0 aliphatic carbocycles. The molecule has 0 saturated carbocycles. The Morgan fingerprint density at radius 3 is 2.15 bits per heavy atom. The lowest BCUT2D eigenvalue weighted by Gasteiger charge is -2.10. The minimum atomic E-state index is -0.0384. The van der Waals surface area contributed by atoms with E-state index in [4.69, 9.17) is 0 Å². The fourth-order valence-corrected chi connectivity index (χ4v) is 2.85. The predicted molar refractivity (Wildman–Crippen MR) is 110 cm³/mol. The highest BCUT2D eigenvalue weighted by Crippen LogP contribution is 2.25. The smallest absolute Gasteiger partial charge is 0.230 e. The zero-order valence-corrected chi connectivity index (χ0v) is 15.9. The summed E-state index contributed by atoms with van der Waals surface area (Å²) in [6, 6.07) is 20.1. The van der Waals surface area contributed by atoms with Crippen LogP contribution in [-0.4, -0.2) is 15.9 Å². The summed E-state index contributed by atoms with van der Waals surface area (Å²) in [6.45, 7) is 4.18. The molecule has 0 unspecified atom stereocenters. The van der Waals surface area contributed by atoms with Gasteiger partial charge in [0.05, 0.1) is 11.4 Å². The Morgan fingerprint density at radius 1 is 0.889 bits per heavy atom. The summed E-state index contributed by atoms with van der Waals surface area (Å²) in [5.41, 5.74) is 4.79. The van der Waals surface area contributed by atoms with Gasteiger partial charge in [-0.15, -0.1) is 0 Å². The Kier molecular flexibility index (Phi) is 6.31. The molecular weight excluding hydrogens is 334 g/mol. The van der Waals surface area contributed by atoms with E-state index < -0.39 is 0 Å². The fourth-order valence-electron chi connectivity index (χ4n) is 2.85. The van der Waals surface area contributed by atoms with Crippen molar-refractivity contribution in [3.05, 3.63) is 66.2 Å². The second-order valence-corrected chi connectivity index (χ2v) is 6.70. The maximum absolute atomic E-state index is 12.2. The largest absolute Gasteiger partial charge is 0.294 e. The summed E-state index contributed by atoms with van der Waals surface area (Å²) in [7, 11) is 0. The third kappa shape index (κ3) is 5.23. The number of amides is 1. The predicted octanol–water partition coefficient (Wildman–Crippen LogP) is 5.64. The van der Waals surface area contributed by atoms with E-state index in [1.165, 1.54) is 5.56 Å². The average Bonchev–Trinajstić information content (AvgIpc) is 2.69. The zero-order valence-electron chi connectivity index (χ0n) is 15.9. The number of carbonyl (C=O) groups is 1. The van der Waals surface area contributed by atoms with Gasteiger partial charge in [-0.05, 0) is 19.4 Å². The number of carbonyl (C=O) groups excluding carboxylic acids is 1. The number of benzene rings is 2. The van der Waals surface area contributed by atoms with Crippen molar-refractivity contribution in [3.63, 3.8) is 0 Å². The topological polar surface area (TPSA) is 54.9 Å². The number of hydrogen-bond donors (Lipinski definition) is 1. The molecule has 1 amide bonds. The van der Waals surface area contributed by atoms with Crippen LogP contribution in [0.4, 0.5) is 5.95 Å². The van der Waals surface area contributed by atoms with Crippen molar-refractivity contribution in [3.8, 4) is 22.5 Å². The summed E-state index contributed by atoms with van der Waals surface area (Å²) in [4.78, 5) is 21.4. The molecule has 0 atom stereocenters. The normalized spacial score (nSPS) is 10.6. The lowest BCUT2D eigenvalue weighted by atomic mass is 10.1. The zero-order chi connectivity index (χ0) is 19.1. The van der Waals surface area contributed by atoms with Crippen LogP contribution >= 0.6 is 0 Å². The quantitative estimate of drug-likeness (QED) is 0.556. The number of nitrogens with zero attached hydrogens (tertiary/aromatic N) is 2. The van der Waals surface area contributed by atoms with E-state index in [0.717, 1.165) is 41.8 Å². The maximum atomic E-state index is 12.2.